The Bertz CT molecular complexity index is 770. The van der Waals surface area contributed by atoms with Gasteiger partial charge in [0.25, 0.3) is 5.91 Å². The number of morpholine rings is 1. The minimum Gasteiger partial charge on any atom is -0.465 e. The summed E-state index contributed by atoms with van der Waals surface area (Å²) in [5.41, 5.74) is 0.975. The highest BCUT2D eigenvalue weighted by Gasteiger charge is 2.31. The highest BCUT2D eigenvalue weighted by Crippen LogP contribution is 2.26. The van der Waals surface area contributed by atoms with Crippen molar-refractivity contribution >= 4 is 11.9 Å². The Morgan fingerprint density at radius 1 is 1.24 bits per heavy atom. The lowest BCUT2D eigenvalue weighted by Crippen LogP contribution is -2.45. The quantitative estimate of drug-likeness (QED) is 0.799. The third-order valence-corrected chi connectivity index (χ3v) is 4.02. The van der Waals surface area contributed by atoms with Crippen LogP contribution >= 0.6 is 0 Å². The lowest BCUT2D eigenvalue weighted by molar-refractivity contribution is -0.0697. The van der Waals surface area contributed by atoms with Crippen molar-refractivity contribution in [3.63, 3.8) is 0 Å². The fraction of sp³-hybridized carbons (Fsp3) is 0.333. The molecule has 0 bridgehead atoms. The number of carbonyl (C=O) groups is 2. The summed E-state index contributed by atoms with van der Waals surface area (Å²) in [5, 5.41) is 0. The van der Waals surface area contributed by atoms with Crippen LogP contribution in [-0.4, -0.2) is 43.1 Å². The Morgan fingerprint density at radius 2 is 1.96 bits per heavy atom. The Kier molecular flexibility index (Phi) is 4.85. The van der Waals surface area contributed by atoms with Crippen LogP contribution in [0.5, 0.6) is 0 Å². The van der Waals surface area contributed by atoms with Gasteiger partial charge < -0.3 is 18.8 Å². The summed E-state index contributed by atoms with van der Waals surface area (Å²) < 4.78 is 28.8. The number of benzene rings is 1. The Morgan fingerprint density at radius 3 is 2.64 bits per heavy atom. The fourth-order valence-corrected chi connectivity index (χ4v) is 2.81. The maximum absolute atomic E-state index is 13.1. The van der Waals surface area contributed by atoms with E-state index in [0.717, 1.165) is 5.56 Å². The number of hydrogen-bond acceptors (Lipinski definition) is 5. The van der Waals surface area contributed by atoms with E-state index in [1.165, 1.54) is 31.6 Å². The van der Waals surface area contributed by atoms with Crippen molar-refractivity contribution in [2.24, 2.45) is 0 Å². The molecular formula is C18H18FNO5. The SMILES string of the molecule is COC(=O)c1coc(C(=O)N2C[C@@H](C)O[C@@H](c3ccc(F)cc3)C2)c1. The van der Waals surface area contributed by atoms with E-state index >= 15 is 0 Å². The molecule has 7 heteroatoms. The van der Waals surface area contributed by atoms with Crippen LogP contribution in [0.3, 0.4) is 0 Å². The van der Waals surface area contributed by atoms with Crippen LogP contribution < -0.4 is 0 Å². The number of amides is 1. The highest BCUT2D eigenvalue weighted by molar-refractivity contribution is 5.96. The Labute approximate surface area is 144 Å². The summed E-state index contributed by atoms with van der Waals surface area (Å²) in [6.45, 7) is 2.56. The van der Waals surface area contributed by atoms with Crippen molar-refractivity contribution in [3.05, 3.63) is 59.3 Å². The second kappa shape index (κ2) is 7.06. The molecule has 1 fully saturated rings. The summed E-state index contributed by atoms with van der Waals surface area (Å²) in [6.07, 6.45) is 0.645. The third-order valence-electron chi connectivity index (χ3n) is 4.02. The highest BCUT2D eigenvalue weighted by atomic mass is 19.1. The van der Waals surface area contributed by atoms with Gasteiger partial charge in [-0.05, 0) is 24.6 Å². The maximum atomic E-state index is 13.1. The first-order valence-corrected chi connectivity index (χ1v) is 7.85. The van der Waals surface area contributed by atoms with Crippen LogP contribution in [0.1, 0.15) is 39.5 Å². The van der Waals surface area contributed by atoms with Crippen molar-refractivity contribution in [1.29, 1.82) is 0 Å². The number of halogens is 1. The Balaban J connectivity index is 1.76. The van der Waals surface area contributed by atoms with E-state index in [4.69, 9.17) is 9.15 Å². The molecule has 6 nitrogen and oxygen atoms in total. The molecule has 1 amide bonds. The molecule has 1 aromatic carbocycles. The molecule has 2 heterocycles. The van der Waals surface area contributed by atoms with Crippen molar-refractivity contribution < 1.29 is 27.9 Å². The molecular weight excluding hydrogens is 329 g/mol. The molecule has 1 aliphatic rings. The molecule has 3 rings (SSSR count). The normalized spacial score (nSPS) is 20.4. The minimum atomic E-state index is -0.567. The topological polar surface area (TPSA) is 69.0 Å². The molecule has 2 atom stereocenters. The third kappa shape index (κ3) is 3.71. The van der Waals surface area contributed by atoms with Gasteiger partial charge in [-0.15, -0.1) is 0 Å². The molecule has 1 aromatic heterocycles. The zero-order valence-electron chi connectivity index (χ0n) is 13.9. The molecule has 0 aliphatic carbocycles. The zero-order valence-corrected chi connectivity index (χ0v) is 13.9. The number of carbonyl (C=O) groups excluding carboxylic acids is 2. The van der Waals surface area contributed by atoms with E-state index in [9.17, 15) is 14.0 Å². The van der Waals surface area contributed by atoms with Crippen LogP contribution in [0, 0.1) is 5.82 Å². The van der Waals surface area contributed by atoms with Gasteiger partial charge in [-0.25, -0.2) is 9.18 Å². The number of ether oxygens (including phenoxy) is 2. The molecule has 1 aliphatic heterocycles. The Hall–Kier alpha value is -2.67. The molecule has 25 heavy (non-hydrogen) atoms. The van der Waals surface area contributed by atoms with Gasteiger partial charge in [-0.3, -0.25) is 4.79 Å². The lowest BCUT2D eigenvalue weighted by atomic mass is 10.1. The summed E-state index contributed by atoms with van der Waals surface area (Å²) >= 11 is 0. The minimum absolute atomic E-state index is 0.0624. The van der Waals surface area contributed by atoms with Crippen LogP contribution in [0.2, 0.25) is 0 Å². The van der Waals surface area contributed by atoms with Gasteiger partial charge in [0.1, 0.15) is 18.2 Å². The monoisotopic (exact) mass is 347 g/mol. The summed E-state index contributed by atoms with van der Waals surface area (Å²) in [5.74, 6) is -1.17. The average molecular weight is 347 g/mol. The van der Waals surface area contributed by atoms with Crippen LogP contribution in [-0.2, 0) is 9.47 Å². The van der Waals surface area contributed by atoms with Crippen LogP contribution in [0.4, 0.5) is 4.39 Å². The van der Waals surface area contributed by atoms with Gasteiger partial charge in [0, 0.05) is 12.6 Å². The number of methoxy groups -OCH3 is 1. The van der Waals surface area contributed by atoms with Gasteiger partial charge in [0.2, 0.25) is 0 Å². The number of nitrogens with zero attached hydrogens (tertiary/aromatic N) is 1. The first-order chi connectivity index (χ1) is 12.0. The number of rotatable bonds is 3. The van der Waals surface area contributed by atoms with Crippen LogP contribution in [0.25, 0.3) is 0 Å². The van der Waals surface area contributed by atoms with Crippen molar-refractivity contribution in [1.82, 2.24) is 4.90 Å². The number of hydrogen-bond donors (Lipinski definition) is 0. The van der Waals surface area contributed by atoms with E-state index in [1.807, 2.05) is 6.92 Å². The molecule has 132 valence electrons. The molecule has 2 aromatic rings. The second-order valence-corrected chi connectivity index (χ2v) is 5.89. The van der Waals surface area contributed by atoms with E-state index in [2.05, 4.69) is 4.74 Å². The number of furan rings is 1. The smallest absolute Gasteiger partial charge is 0.341 e. The second-order valence-electron chi connectivity index (χ2n) is 5.89. The summed E-state index contributed by atoms with van der Waals surface area (Å²) in [7, 11) is 1.26. The van der Waals surface area contributed by atoms with Crippen LogP contribution in [0.15, 0.2) is 41.0 Å². The molecule has 0 N–H and O–H groups in total. The largest absolute Gasteiger partial charge is 0.465 e. The molecule has 0 unspecified atom stereocenters. The van der Waals surface area contributed by atoms with Gasteiger partial charge in [-0.1, -0.05) is 12.1 Å². The predicted molar refractivity (Wildman–Crippen MR) is 85.6 cm³/mol. The standard InChI is InChI=1S/C18H18FNO5/c1-11-8-20(9-16(25-11)12-3-5-14(19)6-4-12)17(21)15-7-13(10-24-15)18(22)23-2/h3-7,10-11,16H,8-9H2,1-2H3/t11-,16-/m1/s1. The van der Waals surface area contributed by atoms with E-state index in [1.54, 1.807) is 17.0 Å². The number of esters is 1. The van der Waals surface area contributed by atoms with Crippen molar-refractivity contribution in [2.75, 3.05) is 20.2 Å². The van der Waals surface area contributed by atoms with E-state index in [-0.39, 0.29) is 35.3 Å². The van der Waals surface area contributed by atoms with Gasteiger partial charge >= 0.3 is 5.97 Å². The fourth-order valence-electron chi connectivity index (χ4n) is 2.81. The van der Waals surface area contributed by atoms with Gasteiger partial charge in [0.15, 0.2) is 5.76 Å². The summed E-state index contributed by atoms with van der Waals surface area (Å²) in [4.78, 5) is 25.7. The molecule has 0 saturated carbocycles. The van der Waals surface area contributed by atoms with Crippen molar-refractivity contribution in [3.8, 4) is 0 Å². The molecule has 1 saturated heterocycles. The summed E-state index contributed by atoms with van der Waals surface area (Å²) in [6, 6.07) is 7.37. The first-order valence-electron chi connectivity index (χ1n) is 7.85. The van der Waals surface area contributed by atoms with Gasteiger partial charge in [0.05, 0.1) is 25.3 Å². The van der Waals surface area contributed by atoms with Crippen molar-refractivity contribution in [2.45, 2.75) is 19.1 Å². The predicted octanol–water partition coefficient (Wildman–Crippen LogP) is 2.81. The molecule has 0 radical (unpaired) electrons. The maximum Gasteiger partial charge on any atom is 0.341 e. The molecule has 0 spiro atoms. The lowest BCUT2D eigenvalue weighted by Gasteiger charge is -2.36. The van der Waals surface area contributed by atoms with E-state index in [0.29, 0.717) is 13.1 Å². The zero-order chi connectivity index (χ0) is 18.0. The van der Waals surface area contributed by atoms with E-state index < -0.39 is 5.97 Å². The average Bonchev–Trinajstić information content (AvgIpc) is 3.10. The first kappa shape index (κ1) is 17.2. The van der Waals surface area contributed by atoms with Gasteiger partial charge in [-0.2, -0.15) is 0 Å².